The van der Waals surface area contributed by atoms with Crippen LogP contribution in [0.2, 0.25) is 0 Å². The van der Waals surface area contributed by atoms with Gasteiger partial charge in [-0.1, -0.05) is 45.4 Å². The molecule has 0 saturated heterocycles. The normalized spacial score (nSPS) is 44.5. The Morgan fingerprint density at radius 3 is 2.36 bits per heavy atom. The van der Waals surface area contributed by atoms with E-state index in [4.69, 9.17) is 0 Å². The quantitative estimate of drug-likeness (QED) is 0.424. The van der Waals surface area contributed by atoms with Crippen molar-refractivity contribution >= 4 is 10.0 Å². The molecular weight excluding hydrogens is 470 g/mol. The number of hydrogen-bond donors (Lipinski definition) is 3. The lowest BCUT2D eigenvalue weighted by atomic mass is 9.41. The summed E-state index contributed by atoms with van der Waals surface area (Å²) in [5, 5.41) is 22.3. The maximum Gasteiger partial charge on any atom is 0.240 e. The van der Waals surface area contributed by atoms with Crippen LogP contribution < -0.4 is 4.72 Å². The highest BCUT2D eigenvalue weighted by Gasteiger charge is 2.64. The molecule has 1 unspecified atom stereocenters. The smallest absolute Gasteiger partial charge is 0.240 e. The van der Waals surface area contributed by atoms with Gasteiger partial charge >= 0.3 is 0 Å². The largest absolute Gasteiger partial charge is 0.393 e. The van der Waals surface area contributed by atoms with E-state index < -0.39 is 10.0 Å². The van der Waals surface area contributed by atoms with Crippen LogP contribution in [0.15, 0.2) is 35.2 Å². The third kappa shape index (κ3) is 4.38. The van der Waals surface area contributed by atoms with Gasteiger partial charge in [0.15, 0.2) is 0 Å². The summed E-state index contributed by atoms with van der Waals surface area (Å²) < 4.78 is 28.0. The summed E-state index contributed by atoms with van der Waals surface area (Å²) in [5.41, 5.74) is 0.467. The van der Waals surface area contributed by atoms with Crippen molar-refractivity contribution < 1.29 is 18.6 Å². The molecule has 3 N–H and O–H groups in total. The zero-order valence-electron chi connectivity index (χ0n) is 22.4. The van der Waals surface area contributed by atoms with Gasteiger partial charge in [-0.2, -0.15) is 0 Å². The number of aliphatic hydroxyl groups excluding tert-OH is 2. The zero-order valence-corrected chi connectivity index (χ0v) is 23.2. The number of fused-ring (bicyclic) bond motifs is 5. The molecule has 202 valence electrons. The second kappa shape index (κ2) is 9.98. The Bertz CT molecular complexity index is 1020. The molecule has 5 nitrogen and oxygen atoms in total. The van der Waals surface area contributed by atoms with Crippen molar-refractivity contribution in [2.75, 3.05) is 6.54 Å². The molecule has 0 aliphatic heterocycles. The van der Waals surface area contributed by atoms with Crippen LogP contribution in [0.4, 0.5) is 0 Å². The van der Waals surface area contributed by atoms with Crippen LogP contribution in [-0.4, -0.2) is 37.4 Å². The lowest BCUT2D eigenvalue weighted by Crippen LogP contribution is -2.62. The predicted octanol–water partition coefficient (Wildman–Crippen LogP) is 5.37. The molecular formula is C30H47NO4S. The van der Waals surface area contributed by atoms with Gasteiger partial charge in [0.1, 0.15) is 0 Å². The van der Waals surface area contributed by atoms with E-state index >= 15 is 0 Å². The van der Waals surface area contributed by atoms with Gasteiger partial charge in [0, 0.05) is 6.54 Å². The predicted molar refractivity (Wildman–Crippen MR) is 143 cm³/mol. The van der Waals surface area contributed by atoms with E-state index in [1.165, 1.54) is 25.7 Å². The molecule has 6 heteroatoms. The van der Waals surface area contributed by atoms with Gasteiger partial charge < -0.3 is 10.2 Å². The van der Waals surface area contributed by atoms with Gasteiger partial charge in [0.2, 0.25) is 10.0 Å². The van der Waals surface area contributed by atoms with Gasteiger partial charge in [0.05, 0.1) is 17.1 Å². The van der Waals surface area contributed by atoms with Crippen molar-refractivity contribution in [3.63, 3.8) is 0 Å². The summed E-state index contributed by atoms with van der Waals surface area (Å²) in [6.45, 7) is 7.67. The number of nitrogens with one attached hydrogen (secondary N) is 1. The van der Waals surface area contributed by atoms with Crippen molar-refractivity contribution in [3.05, 3.63) is 30.3 Å². The Hall–Kier alpha value is -0.950. The number of aliphatic hydroxyl groups is 2. The van der Waals surface area contributed by atoms with Crippen LogP contribution in [0.1, 0.15) is 85.0 Å². The van der Waals surface area contributed by atoms with E-state index in [2.05, 4.69) is 25.5 Å². The van der Waals surface area contributed by atoms with E-state index in [9.17, 15) is 18.6 Å². The second-order valence-electron chi connectivity index (χ2n) is 13.1. The van der Waals surface area contributed by atoms with Crippen LogP contribution in [0.3, 0.4) is 0 Å². The molecule has 5 rings (SSSR count). The number of sulfonamides is 1. The molecule has 4 aliphatic rings. The fraction of sp³-hybridized carbons (Fsp3) is 0.800. The van der Waals surface area contributed by atoms with Crippen LogP contribution in [0.5, 0.6) is 0 Å². The average Bonchev–Trinajstić information content (AvgIpc) is 3.20. The van der Waals surface area contributed by atoms with Crippen molar-refractivity contribution in [2.45, 2.75) is 102 Å². The summed E-state index contributed by atoms with van der Waals surface area (Å²) in [4.78, 5) is 0.329. The number of benzene rings is 1. The fourth-order valence-electron chi connectivity index (χ4n) is 9.78. The van der Waals surface area contributed by atoms with Crippen LogP contribution in [0, 0.1) is 46.3 Å². The van der Waals surface area contributed by atoms with Crippen LogP contribution in [0.25, 0.3) is 0 Å². The van der Waals surface area contributed by atoms with Crippen LogP contribution in [-0.2, 0) is 10.0 Å². The summed E-state index contributed by atoms with van der Waals surface area (Å²) in [7, 11) is -3.45. The zero-order chi connectivity index (χ0) is 25.7. The molecule has 0 heterocycles. The van der Waals surface area contributed by atoms with Gasteiger partial charge in [-0.15, -0.1) is 0 Å². The average molecular weight is 518 g/mol. The van der Waals surface area contributed by atoms with Gasteiger partial charge in [-0.25, -0.2) is 13.1 Å². The van der Waals surface area contributed by atoms with Gasteiger partial charge in [-0.05, 0) is 116 Å². The Morgan fingerprint density at radius 2 is 1.64 bits per heavy atom. The van der Waals surface area contributed by atoms with E-state index in [1.807, 2.05) is 6.07 Å². The third-order valence-electron chi connectivity index (χ3n) is 11.7. The maximum absolute atomic E-state index is 12.6. The molecule has 4 aliphatic carbocycles. The topological polar surface area (TPSA) is 86.6 Å². The molecule has 0 amide bonds. The van der Waals surface area contributed by atoms with E-state index in [0.717, 1.165) is 38.5 Å². The first kappa shape index (κ1) is 26.6. The van der Waals surface area contributed by atoms with Crippen molar-refractivity contribution in [2.24, 2.45) is 46.3 Å². The van der Waals surface area contributed by atoms with Crippen molar-refractivity contribution in [1.82, 2.24) is 4.72 Å². The Labute approximate surface area is 218 Å². The molecule has 4 saturated carbocycles. The Morgan fingerprint density at radius 1 is 0.944 bits per heavy atom. The minimum Gasteiger partial charge on any atom is -0.393 e. The monoisotopic (exact) mass is 517 g/mol. The van der Waals surface area contributed by atoms with Crippen molar-refractivity contribution in [1.29, 1.82) is 0 Å². The SMILES string of the molecule is CC[C@H]1[C@@H](O)[C@@H]2[C@H](CC[C@]3(C)C(CCCNS(=O)(=O)c4ccccc4)CC[C@@H]23)[C@@]2(C)CC[C@@H](O)C[C@@H]12. The molecule has 0 radical (unpaired) electrons. The fourth-order valence-corrected chi connectivity index (χ4v) is 10.9. The Balaban J connectivity index is 1.26. The highest BCUT2D eigenvalue weighted by molar-refractivity contribution is 7.89. The molecule has 10 atom stereocenters. The summed E-state index contributed by atoms with van der Waals surface area (Å²) in [6, 6.07) is 8.62. The minimum atomic E-state index is -3.45. The first-order valence-corrected chi connectivity index (χ1v) is 16.0. The van der Waals surface area contributed by atoms with Gasteiger partial charge in [0.25, 0.3) is 0 Å². The molecule has 0 bridgehead atoms. The van der Waals surface area contributed by atoms with Crippen molar-refractivity contribution in [3.8, 4) is 0 Å². The molecule has 0 spiro atoms. The maximum atomic E-state index is 12.6. The molecule has 1 aromatic carbocycles. The molecule has 0 aromatic heterocycles. The van der Waals surface area contributed by atoms with E-state index in [1.54, 1.807) is 24.3 Å². The first-order chi connectivity index (χ1) is 17.1. The summed E-state index contributed by atoms with van der Waals surface area (Å²) >= 11 is 0. The lowest BCUT2D eigenvalue weighted by molar-refractivity contribution is -0.202. The highest BCUT2D eigenvalue weighted by Crippen LogP contribution is 2.69. The minimum absolute atomic E-state index is 0.204. The Kier molecular flexibility index (Phi) is 7.39. The summed E-state index contributed by atoms with van der Waals surface area (Å²) in [6.07, 6.45) is 10.1. The number of rotatable bonds is 7. The third-order valence-corrected chi connectivity index (χ3v) is 13.1. The first-order valence-electron chi connectivity index (χ1n) is 14.5. The van der Waals surface area contributed by atoms with Gasteiger partial charge in [-0.3, -0.25) is 0 Å². The standard InChI is InChI=1S/C30H47NO4S/c1-4-23-26-19-21(32)14-16-30(26,3)25-15-17-29(2)20(12-13-24(29)27(25)28(23)33)9-8-18-31-36(34,35)22-10-6-5-7-11-22/h5-7,10-11,20-21,23-28,31-33H,4,8-9,12-19H2,1-3H3/t20?,21-,23-,24+,25+,26+,27+,28-,29-,30-/m1/s1. The second-order valence-corrected chi connectivity index (χ2v) is 14.8. The number of hydrogen-bond acceptors (Lipinski definition) is 4. The molecule has 1 aromatic rings. The lowest BCUT2D eigenvalue weighted by Gasteiger charge is -2.64. The highest BCUT2D eigenvalue weighted by atomic mass is 32.2. The molecule has 36 heavy (non-hydrogen) atoms. The molecule has 4 fully saturated rings. The van der Waals surface area contributed by atoms with Crippen LogP contribution >= 0.6 is 0 Å². The van der Waals surface area contributed by atoms with E-state index in [0.29, 0.717) is 46.9 Å². The summed E-state index contributed by atoms with van der Waals surface area (Å²) in [5.74, 6) is 2.79. The van der Waals surface area contributed by atoms with E-state index in [-0.39, 0.29) is 23.0 Å².